The summed E-state index contributed by atoms with van der Waals surface area (Å²) in [5, 5.41) is 9.49. The van der Waals surface area contributed by atoms with Gasteiger partial charge >= 0.3 is 0 Å². The molecule has 1 aliphatic heterocycles. The Balaban J connectivity index is 1.46. The second-order valence-corrected chi connectivity index (χ2v) is 8.29. The molecule has 0 radical (unpaired) electrons. The molecule has 2 fully saturated rings. The number of hydrogen-bond acceptors (Lipinski definition) is 3. The molecule has 138 valence electrons. The van der Waals surface area contributed by atoms with Crippen molar-refractivity contribution in [3.63, 3.8) is 0 Å². The average Bonchev–Trinajstić information content (AvgIpc) is 2.62. The minimum absolute atomic E-state index is 0.339. The highest BCUT2D eigenvalue weighted by molar-refractivity contribution is 5.81. The van der Waals surface area contributed by atoms with Crippen molar-refractivity contribution in [3.05, 3.63) is 29.8 Å². The maximum Gasteiger partial charge on any atom is 0.136 e. The van der Waals surface area contributed by atoms with E-state index in [2.05, 4.69) is 24.0 Å². The van der Waals surface area contributed by atoms with Crippen LogP contribution in [0.5, 0.6) is 5.75 Å². The molecular formula is C22H33NO2. The first-order valence-corrected chi connectivity index (χ1v) is 10.2. The Morgan fingerprint density at radius 1 is 1.12 bits per heavy atom. The zero-order valence-corrected chi connectivity index (χ0v) is 15.6. The van der Waals surface area contributed by atoms with Crippen molar-refractivity contribution >= 4 is 5.78 Å². The third-order valence-corrected chi connectivity index (χ3v) is 6.06. The summed E-state index contributed by atoms with van der Waals surface area (Å²) >= 11 is 0. The quantitative estimate of drug-likeness (QED) is 0.810. The summed E-state index contributed by atoms with van der Waals surface area (Å²) in [7, 11) is 0. The van der Waals surface area contributed by atoms with E-state index in [1.165, 1.54) is 31.2 Å². The third kappa shape index (κ3) is 5.31. The first-order chi connectivity index (χ1) is 12.1. The molecule has 0 amide bonds. The Morgan fingerprint density at radius 2 is 1.84 bits per heavy atom. The molecule has 0 aromatic heterocycles. The van der Waals surface area contributed by atoms with E-state index in [1.54, 1.807) is 12.1 Å². The molecule has 1 aromatic carbocycles. The number of piperidine rings is 1. The van der Waals surface area contributed by atoms with Crippen LogP contribution in [0, 0.1) is 11.8 Å². The van der Waals surface area contributed by atoms with Crippen LogP contribution >= 0.6 is 0 Å². The molecule has 1 saturated carbocycles. The zero-order chi connectivity index (χ0) is 17.6. The number of nitrogens with zero attached hydrogens (tertiary/aromatic N) is 1. The van der Waals surface area contributed by atoms with E-state index >= 15 is 0 Å². The number of phenols is 1. The smallest absolute Gasteiger partial charge is 0.136 e. The van der Waals surface area contributed by atoms with E-state index in [0.717, 1.165) is 45.3 Å². The normalized spacial score (nSPS) is 25.8. The number of hydrogen-bond donors (Lipinski definition) is 1. The lowest BCUT2D eigenvalue weighted by atomic mass is 9.84. The summed E-state index contributed by atoms with van der Waals surface area (Å²) in [6.45, 7) is 5.59. The first kappa shape index (κ1) is 18.4. The van der Waals surface area contributed by atoms with E-state index in [-0.39, 0.29) is 0 Å². The Labute approximate surface area is 152 Å². The van der Waals surface area contributed by atoms with Crippen molar-refractivity contribution in [1.29, 1.82) is 0 Å². The maximum atomic E-state index is 12.4. The Bertz CT molecular complexity index is 548. The number of ketones is 1. The van der Waals surface area contributed by atoms with E-state index < -0.39 is 0 Å². The Morgan fingerprint density at radius 3 is 2.56 bits per heavy atom. The van der Waals surface area contributed by atoms with Crippen molar-refractivity contribution in [2.24, 2.45) is 11.8 Å². The van der Waals surface area contributed by atoms with Gasteiger partial charge in [-0.05, 0) is 61.8 Å². The average molecular weight is 344 g/mol. The van der Waals surface area contributed by atoms with Gasteiger partial charge in [0.05, 0.1) is 0 Å². The van der Waals surface area contributed by atoms with Gasteiger partial charge in [0, 0.05) is 25.4 Å². The molecule has 2 atom stereocenters. The van der Waals surface area contributed by atoms with Gasteiger partial charge in [-0.2, -0.15) is 0 Å². The number of phenolic OH excluding ortho intramolecular Hbond substituents is 1. The van der Waals surface area contributed by atoms with Gasteiger partial charge in [0.15, 0.2) is 0 Å². The Kier molecular flexibility index (Phi) is 6.52. The number of likely N-dealkylation sites (tertiary alicyclic amines) is 1. The van der Waals surface area contributed by atoms with Crippen LogP contribution in [0.1, 0.15) is 69.8 Å². The van der Waals surface area contributed by atoms with Crippen molar-refractivity contribution < 1.29 is 9.90 Å². The molecule has 3 heteroatoms. The van der Waals surface area contributed by atoms with Crippen molar-refractivity contribution in [2.75, 3.05) is 19.6 Å². The van der Waals surface area contributed by atoms with E-state index in [0.29, 0.717) is 29.3 Å². The lowest BCUT2D eigenvalue weighted by molar-refractivity contribution is -0.123. The number of carbonyl (C=O) groups is 1. The molecule has 2 unspecified atom stereocenters. The van der Waals surface area contributed by atoms with Gasteiger partial charge in [-0.1, -0.05) is 38.3 Å². The highest BCUT2D eigenvalue weighted by Crippen LogP contribution is 2.31. The summed E-state index contributed by atoms with van der Waals surface area (Å²) in [6.07, 6.45) is 9.04. The molecule has 25 heavy (non-hydrogen) atoms. The molecule has 0 spiro atoms. The van der Waals surface area contributed by atoms with Crippen LogP contribution in [-0.4, -0.2) is 35.4 Å². The van der Waals surface area contributed by atoms with Crippen molar-refractivity contribution in [3.8, 4) is 5.75 Å². The molecular weight excluding hydrogens is 310 g/mol. The second-order valence-electron chi connectivity index (χ2n) is 8.29. The van der Waals surface area contributed by atoms with Crippen LogP contribution in [-0.2, 0) is 4.79 Å². The number of carbonyl (C=O) groups excluding carboxylic acids is 1. The lowest BCUT2D eigenvalue weighted by Crippen LogP contribution is -2.39. The summed E-state index contributed by atoms with van der Waals surface area (Å²) in [4.78, 5) is 14.9. The molecule has 3 rings (SSSR count). The van der Waals surface area contributed by atoms with Crippen molar-refractivity contribution in [2.45, 2.75) is 64.2 Å². The van der Waals surface area contributed by atoms with Crippen LogP contribution in [0.15, 0.2) is 24.3 Å². The highest BCUT2D eigenvalue weighted by atomic mass is 16.3. The summed E-state index contributed by atoms with van der Waals surface area (Å²) in [6, 6.07) is 7.70. The van der Waals surface area contributed by atoms with E-state index in [9.17, 15) is 9.90 Å². The SMILES string of the molecule is CC1CC(c2ccc(O)cc2)CN(CCCC(=O)C2CCCCC2)C1. The molecule has 1 aliphatic carbocycles. The van der Waals surface area contributed by atoms with Gasteiger partial charge < -0.3 is 10.0 Å². The molecule has 1 heterocycles. The van der Waals surface area contributed by atoms with Gasteiger partial charge in [-0.25, -0.2) is 0 Å². The number of aromatic hydroxyl groups is 1. The number of Topliss-reactive ketones (excluding diaryl/α,β-unsaturated/α-hetero) is 1. The van der Waals surface area contributed by atoms with Crippen LogP contribution in [0.3, 0.4) is 0 Å². The predicted octanol–water partition coefficient (Wildman–Crippen LogP) is 4.75. The highest BCUT2D eigenvalue weighted by Gasteiger charge is 2.26. The first-order valence-electron chi connectivity index (χ1n) is 10.2. The van der Waals surface area contributed by atoms with Gasteiger partial charge in [0.1, 0.15) is 11.5 Å². The fraction of sp³-hybridized carbons (Fsp3) is 0.682. The van der Waals surface area contributed by atoms with Gasteiger partial charge in [-0.15, -0.1) is 0 Å². The predicted molar refractivity (Wildman–Crippen MR) is 102 cm³/mol. The number of rotatable bonds is 6. The minimum atomic E-state index is 0.339. The third-order valence-electron chi connectivity index (χ3n) is 6.06. The molecule has 1 N–H and O–H groups in total. The summed E-state index contributed by atoms with van der Waals surface area (Å²) in [5.74, 6) is 2.43. The largest absolute Gasteiger partial charge is 0.508 e. The summed E-state index contributed by atoms with van der Waals surface area (Å²) in [5.41, 5.74) is 1.33. The molecule has 0 bridgehead atoms. The maximum absolute atomic E-state index is 12.4. The summed E-state index contributed by atoms with van der Waals surface area (Å²) < 4.78 is 0. The molecule has 3 nitrogen and oxygen atoms in total. The van der Waals surface area contributed by atoms with E-state index in [1.807, 2.05) is 0 Å². The minimum Gasteiger partial charge on any atom is -0.508 e. The zero-order valence-electron chi connectivity index (χ0n) is 15.6. The van der Waals surface area contributed by atoms with Gasteiger partial charge in [-0.3, -0.25) is 4.79 Å². The standard InChI is InChI=1S/C22H33NO2/c1-17-14-20(18-9-11-21(24)12-10-18)16-23(15-17)13-5-8-22(25)19-6-3-2-4-7-19/h9-12,17,19-20,24H,2-8,13-16H2,1H3. The topological polar surface area (TPSA) is 40.5 Å². The monoisotopic (exact) mass is 343 g/mol. The lowest BCUT2D eigenvalue weighted by Gasteiger charge is -2.37. The Hall–Kier alpha value is -1.35. The molecule has 2 aliphatic rings. The van der Waals surface area contributed by atoms with Gasteiger partial charge in [0.25, 0.3) is 0 Å². The van der Waals surface area contributed by atoms with Gasteiger partial charge in [0.2, 0.25) is 0 Å². The van der Waals surface area contributed by atoms with E-state index in [4.69, 9.17) is 0 Å². The van der Waals surface area contributed by atoms with Crippen LogP contribution in [0.2, 0.25) is 0 Å². The fourth-order valence-corrected chi connectivity index (χ4v) is 4.74. The number of benzene rings is 1. The fourth-order valence-electron chi connectivity index (χ4n) is 4.74. The van der Waals surface area contributed by atoms with Crippen LogP contribution in [0.25, 0.3) is 0 Å². The van der Waals surface area contributed by atoms with Crippen LogP contribution in [0.4, 0.5) is 0 Å². The van der Waals surface area contributed by atoms with Crippen LogP contribution < -0.4 is 0 Å². The molecule has 1 saturated heterocycles. The van der Waals surface area contributed by atoms with Crippen molar-refractivity contribution in [1.82, 2.24) is 4.90 Å². The molecule has 1 aromatic rings. The second kappa shape index (κ2) is 8.84.